The van der Waals surface area contributed by atoms with Crippen LogP contribution in [0.25, 0.3) is 0 Å². The van der Waals surface area contributed by atoms with Crippen molar-refractivity contribution in [3.05, 3.63) is 11.7 Å². The molecule has 0 spiro atoms. The summed E-state index contributed by atoms with van der Waals surface area (Å²) in [5.74, 6) is 1.77. The summed E-state index contributed by atoms with van der Waals surface area (Å²) in [5.41, 5.74) is 5.64. The molecule has 0 aliphatic rings. The van der Waals surface area contributed by atoms with Gasteiger partial charge in [0.2, 0.25) is 5.89 Å². The molecule has 1 atom stereocenters. The first-order valence-electron chi connectivity index (χ1n) is 6.38. The highest BCUT2D eigenvalue weighted by Crippen LogP contribution is 2.09. The molecule has 104 valence electrons. The Morgan fingerprint density at radius 2 is 2.17 bits per heavy atom. The smallest absolute Gasteiger partial charge is 0.226 e. The summed E-state index contributed by atoms with van der Waals surface area (Å²) >= 11 is 0. The van der Waals surface area contributed by atoms with Crippen LogP contribution in [0.5, 0.6) is 0 Å². The van der Waals surface area contributed by atoms with Gasteiger partial charge >= 0.3 is 0 Å². The summed E-state index contributed by atoms with van der Waals surface area (Å²) < 4.78 is 15.4. The van der Waals surface area contributed by atoms with Crippen LogP contribution in [0, 0.1) is 5.92 Å². The maximum atomic E-state index is 5.64. The molecule has 1 aromatic heterocycles. The van der Waals surface area contributed by atoms with E-state index in [4.69, 9.17) is 19.7 Å². The molecule has 1 unspecified atom stereocenters. The Labute approximate surface area is 108 Å². The molecule has 6 nitrogen and oxygen atoms in total. The maximum absolute atomic E-state index is 5.64. The van der Waals surface area contributed by atoms with Gasteiger partial charge < -0.3 is 19.7 Å². The normalized spacial score (nSPS) is 12.8. The Morgan fingerprint density at radius 3 is 2.83 bits per heavy atom. The number of hydrogen-bond acceptors (Lipinski definition) is 6. The highest BCUT2D eigenvalue weighted by atomic mass is 16.5. The van der Waals surface area contributed by atoms with Gasteiger partial charge in [-0.05, 0) is 12.5 Å². The van der Waals surface area contributed by atoms with Crippen LogP contribution in [0.2, 0.25) is 0 Å². The Morgan fingerprint density at radius 1 is 1.33 bits per heavy atom. The highest BCUT2D eigenvalue weighted by molar-refractivity contribution is 4.88. The molecule has 0 aliphatic heterocycles. The van der Waals surface area contributed by atoms with Gasteiger partial charge in [-0.2, -0.15) is 4.98 Å². The SMILES string of the molecule is CCC(CN)Cc1nc(CCOCCOC)no1. The van der Waals surface area contributed by atoms with Crippen LogP contribution in [0.1, 0.15) is 25.1 Å². The number of nitrogens with two attached hydrogens (primary N) is 1. The van der Waals surface area contributed by atoms with Crippen LogP contribution in [0.3, 0.4) is 0 Å². The average Bonchev–Trinajstić information content (AvgIpc) is 2.83. The van der Waals surface area contributed by atoms with Gasteiger partial charge in [0.15, 0.2) is 5.82 Å². The van der Waals surface area contributed by atoms with Crippen LogP contribution in [0.4, 0.5) is 0 Å². The Kier molecular flexibility index (Phi) is 7.55. The number of nitrogens with zero attached hydrogens (tertiary/aromatic N) is 2. The molecule has 6 heteroatoms. The summed E-state index contributed by atoms with van der Waals surface area (Å²) in [5, 5.41) is 3.92. The van der Waals surface area contributed by atoms with Gasteiger partial charge in [0.25, 0.3) is 0 Å². The minimum atomic E-state index is 0.413. The van der Waals surface area contributed by atoms with Crippen molar-refractivity contribution in [2.45, 2.75) is 26.2 Å². The van der Waals surface area contributed by atoms with Crippen molar-refractivity contribution in [1.82, 2.24) is 10.1 Å². The minimum Gasteiger partial charge on any atom is -0.382 e. The zero-order valence-electron chi connectivity index (χ0n) is 11.2. The summed E-state index contributed by atoms with van der Waals surface area (Å²) in [6.07, 6.45) is 2.44. The Hall–Kier alpha value is -0.980. The molecule has 1 heterocycles. The predicted molar refractivity (Wildman–Crippen MR) is 67.2 cm³/mol. The van der Waals surface area contributed by atoms with Gasteiger partial charge in [0.1, 0.15) is 0 Å². The molecule has 0 bridgehead atoms. The minimum absolute atomic E-state index is 0.413. The monoisotopic (exact) mass is 257 g/mol. The van der Waals surface area contributed by atoms with E-state index >= 15 is 0 Å². The molecule has 0 radical (unpaired) electrons. The van der Waals surface area contributed by atoms with Crippen LogP contribution in [-0.2, 0) is 22.3 Å². The zero-order valence-corrected chi connectivity index (χ0v) is 11.2. The van der Waals surface area contributed by atoms with Crippen molar-refractivity contribution < 1.29 is 14.0 Å². The number of methoxy groups -OCH3 is 1. The van der Waals surface area contributed by atoms with Crippen LogP contribution >= 0.6 is 0 Å². The lowest BCUT2D eigenvalue weighted by Gasteiger charge is -2.07. The average molecular weight is 257 g/mol. The molecule has 0 fully saturated rings. The summed E-state index contributed by atoms with van der Waals surface area (Å²) in [4.78, 5) is 4.32. The molecule has 2 N–H and O–H groups in total. The van der Waals surface area contributed by atoms with Crippen LogP contribution < -0.4 is 5.73 Å². The van der Waals surface area contributed by atoms with Gasteiger partial charge in [0, 0.05) is 20.0 Å². The van der Waals surface area contributed by atoms with Crippen molar-refractivity contribution in [1.29, 1.82) is 0 Å². The van der Waals surface area contributed by atoms with E-state index in [1.807, 2.05) is 0 Å². The van der Waals surface area contributed by atoms with E-state index in [1.54, 1.807) is 7.11 Å². The lowest BCUT2D eigenvalue weighted by molar-refractivity contribution is 0.0714. The molecule has 18 heavy (non-hydrogen) atoms. The summed E-state index contributed by atoms with van der Waals surface area (Å²) in [7, 11) is 1.65. The molecular formula is C12H23N3O3. The quantitative estimate of drug-likeness (QED) is 0.624. The van der Waals surface area contributed by atoms with Crippen molar-refractivity contribution in [2.75, 3.05) is 33.5 Å². The van der Waals surface area contributed by atoms with E-state index in [-0.39, 0.29) is 0 Å². The molecule has 0 aromatic carbocycles. The lowest BCUT2D eigenvalue weighted by atomic mass is 10.0. The van der Waals surface area contributed by atoms with E-state index in [0.717, 1.165) is 12.8 Å². The molecule has 0 saturated carbocycles. The summed E-state index contributed by atoms with van der Waals surface area (Å²) in [6.45, 7) is 4.53. The molecule has 0 amide bonds. The second kappa shape index (κ2) is 9.02. The van der Waals surface area contributed by atoms with Crippen molar-refractivity contribution in [3.8, 4) is 0 Å². The van der Waals surface area contributed by atoms with Gasteiger partial charge in [-0.1, -0.05) is 18.5 Å². The van der Waals surface area contributed by atoms with E-state index in [2.05, 4.69) is 17.1 Å². The van der Waals surface area contributed by atoms with Crippen molar-refractivity contribution >= 4 is 0 Å². The third-order valence-electron chi connectivity index (χ3n) is 2.79. The maximum Gasteiger partial charge on any atom is 0.226 e. The second-order valence-corrected chi connectivity index (χ2v) is 4.17. The third kappa shape index (κ3) is 5.57. The molecule has 1 rings (SSSR count). The fourth-order valence-corrected chi connectivity index (χ4v) is 1.52. The van der Waals surface area contributed by atoms with Gasteiger partial charge in [-0.15, -0.1) is 0 Å². The Bertz CT molecular complexity index is 313. The summed E-state index contributed by atoms with van der Waals surface area (Å²) in [6, 6.07) is 0. The third-order valence-corrected chi connectivity index (χ3v) is 2.79. The lowest BCUT2D eigenvalue weighted by Crippen LogP contribution is -2.16. The largest absolute Gasteiger partial charge is 0.382 e. The number of ether oxygens (including phenoxy) is 2. The van der Waals surface area contributed by atoms with E-state index in [1.165, 1.54) is 0 Å². The van der Waals surface area contributed by atoms with Crippen LogP contribution in [-0.4, -0.2) is 43.6 Å². The predicted octanol–water partition coefficient (Wildman–Crippen LogP) is 0.803. The first-order valence-corrected chi connectivity index (χ1v) is 6.38. The molecule has 0 aliphatic carbocycles. The fourth-order valence-electron chi connectivity index (χ4n) is 1.52. The fraction of sp³-hybridized carbons (Fsp3) is 0.833. The number of aromatic nitrogens is 2. The topological polar surface area (TPSA) is 83.4 Å². The van der Waals surface area contributed by atoms with Gasteiger partial charge in [-0.25, -0.2) is 0 Å². The zero-order chi connectivity index (χ0) is 13.2. The van der Waals surface area contributed by atoms with Crippen molar-refractivity contribution in [3.63, 3.8) is 0 Å². The number of rotatable bonds is 10. The highest BCUT2D eigenvalue weighted by Gasteiger charge is 2.11. The van der Waals surface area contributed by atoms with Crippen molar-refractivity contribution in [2.24, 2.45) is 11.7 Å². The molecule has 0 saturated heterocycles. The van der Waals surface area contributed by atoms with E-state index in [0.29, 0.717) is 50.4 Å². The van der Waals surface area contributed by atoms with E-state index in [9.17, 15) is 0 Å². The molecule has 1 aromatic rings. The first-order chi connectivity index (χ1) is 8.80. The number of hydrogen-bond donors (Lipinski definition) is 1. The first kappa shape index (κ1) is 15.1. The standard InChI is InChI=1S/C12H23N3O3/c1-3-10(9-13)8-12-14-11(15-18-12)4-5-17-7-6-16-2/h10H,3-9,13H2,1-2H3. The van der Waals surface area contributed by atoms with Gasteiger partial charge in [-0.3, -0.25) is 0 Å². The Balaban J connectivity index is 2.25. The van der Waals surface area contributed by atoms with E-state index < -0.39 is 0 Å². The van der Waals surface area contributed by atoms with Crippen LogP contribution in [0.15, 0.2) is 4.52 Å². The second-order valence-electron chi connectivity index (χ2n) is 4.17. The molecular weight excluding hydrogens is 234 g/mol. The van der Waals surface area contributed by atoms with Gasteiger partial charge in [0.05, 0.1) is 19.8 Å².